The zero-order chi connectivity index (χ0) is 39.7. The lowest BCUT2D eigenvalue weighted by molar-refractivity contribution is 0.0469. The van der Waals surface area contributed by atoms with Gasteiger partial charge in [-0.1, -0.05) is 12.1 Å². The van der Waals surface area contributed by atoms with Crippen molar-refractivity contribution < 1.29 is 27.8 Å². The van der Waals surface area contributed by atoms with Crippen molar-refractivity contribution in [3.05, 3.63) is 59.2 Å². The minimum absolute atomic E-state index is 0.0325. The first-order chi connectivity index (χ1) is 26.1. The maximum Gasteiger partial charge on any atom is 0.407 e. The van der Waals surface area contributed by atoms with Crippen molar-refractivity contribution in [1.29, 1.82) is 0 Å². The minimum Gasteiger partial charge on any atom is -0.491 e. The fourth-order valence-electron chi connectivity index (χ4n) is 9.08. The van der Waals surface area contributed by atoms with E-state index in [0.717, 1.165) is 102 Å². The topological polar surface area (TPSA) is 89.3 Å². The molecule has 0 unspecified atom stereocenters. The van der Waals surface area contributed by atoms with Gasteiger partial charge >= 0.3 is 6.09 Å². The smallest absolute Gasteiger partial charge is 0.407 e. The Balaban J connectivity index is 0.000000218. The van der Waals surface area contributed by atoms with Crippen LogP contribution in [0.1, 0.15) is 148 Å². The first-order valence-corrected chi connectivity index (χ1v) is 21.3. The van der Waals surface area contributed by atoms with Crippen LogP contribution in [0, 0.1) is 11.6 Å². The van der Waals surface area contributed by atoms with Gasteiger partial charge < -0.3 is 35.1 Å². The van der Waals surface area contributed by atoms with Crippen LogP contribution in [-0.4, -0.2) is 84.0 Å². The molecular weight excluding hydrogens is 699 g/mol. The summed E-state index contributed by atoms with van der Waals surface area (Å²) in [7, 11) is 0. The monoisotopic (exact) mass is 769 g/mol. The van der Waals surface area contributed by atoms with Crippen molar-refractivity contribution in [2.75, 3.05) is 26.2 Å². The molecule has 2 aliphatic carbocycles. The number of amides is 1. The van der Waals surface area contributed by atoms with E-state index in [1.54, 1.807) is 18.2 Å². The van der Waals surface area contributed by atoms with E-state index in [-0.39, 0.29) is 36.0 Å². The van der Waals surface area contributed by atoms with Crippen LogP contribution in [0.3, 0.4) is 0 Å². The summed E-state index contributed by atoms with van der Waals surface area (Å²) in [6, 6.07) is 11.9. The third-order valence-corrected chi connectivity index (χ3v) is 11.8. The summed E-state index contributed by atoms with van der Waals surface area (Å²) >= 11 is 0. The first-order valence-electron chi connectivity index (χ1n) is 21.3. The van der Waals surface area contributed by atoms with Gasteiger partial charge in [0, 0.05) is 36.3 Å². The fraction of sp³-hybridized carbons (Fsp3) is 0.711. The molecule has 308 valence electrons. The zero-order valence-electron chi connectivity index (χ0n) is 34.8. The molecule has 8 nitrogen and oxygen atoms in total. The number of piperidine rings is 2. The molecule has 0 bridgehead atoms. The number of ether oxygens (including phenoxy) is 3. The van der Waals surface area contributed by atoms with Crippen molar-refractivity contribution in [2.45, 2.75) is 179 Å². The number of hydrogen-bond acceptors (Lipinski definition) is 7. The zero-order valence-corrected chi connectivity index (χ0v) is 34.8. The van der Waals surface area contributed by atoms with Gasteiger partial charge in [-0.15, -0.1) is 0 Å². The Morgan fingerprint density at radius 2 is 1.07 bits per heavy atom. The molecule has 0 radical (unpaired) electrons. The minimum atomic E-state index is -0.462. The van der Waals surface area contributed by atoms with Crippen LogP contribution in [0.5, 0.6) is 11.5 Å². The highest BCUT2D eigenvalue weighted by Gasteiger charge is 2.32. The molecule has 6 rings (SSSR count). The molecule has 2 aliphatic heterocycles. The van der Waals surface area contributed by atoms with E-state index in [0.29, 0.717) is 35.7 Å². The summed E-state index contributed by atoms with van der Waals surface area (Å²) in [6.07, 6.45) is 13.2. The largest absolute Gasteiger partial charge is 0.491 e. The second-order valence-electron chi connectivity index (χ2n) is 18.0. The van der Waals surface area contributed by atoms with Crippen LogP contribution in [0.2, 0.25) is 0 Å². The van der Waals surface area contributed by atoms with Crippen molar-refractivity contribution in [2.24, 2.45) is 5.73 Å². The van der Waals surface area contributed by atoms with Gasteiger partial charge in [-0.2, -0.15) is 0 Å². The number of benzene rings is 2. The van der Waals surface area contributed by atoms with Gasteiger partial charge in [0.1, 0.15) is 28.7 Å². The van der Waals surface area contributed by atoms with Crippen molar-refractivity contribution in [3.8, 4) is 11.5 Å². The summed E-state index contributed by atoms with van der Waals surface area (Å²) in [6.45, 7) is 18.0. The molecule has 1 amide bonds. The lowest BCUT2D eigenvalue weighted by Gasteiger charge is -2.41. The number of carbonyl (C=O) groups is 1. The quantitative estimate of drug-likeness (QED) is 0.263. The Labute approximate surface area is 330 Å². The molecule has 2 aromatic carbocycles. The highest BCUT2D eigenvalue weighted by molar-refractivity contribution is 5.68. The van der Waals surface area contributed by atoms with Gasteiger partial charge in [0.15, 0.2) is 0 Å². The van der Waals surface area contributed by atoms with Crippen LogP contribution >= 0.6 is 0 Å². The number of nitrogens with two attached hydrogens (primary N) is 1. The van der Waals surface area contributed by atoms with Crippen molar-refractivity contribution in [3.63, 3.8) is 0 Å². The number of hydrogen-bond donors (Lipinski definition) is 2. The van der Waals surface area contributed by atoms with E-state index in [1.165, 1.54) is 24.5 Å². The van der Waals surface area contributed by atoms with Crippen LogP contribution in [0.15, 0.2) is 36.4 Å². The lowest BCUT2D eigenvalue weighted by Crippen LogP contribution is -2.47. The predicted octanol–water partition coefficient (Wildman–Crippen LogP) is 9.69. The van der Waals surface area contributed by atoms with E-state index in [4.69, 9.17) is 19.9 Å². The molecule has 10 heteroatoms. The van der Waals surface area contributed by atoms with Gasteiger partial charge in [0.05, 0.1) is 12.2 Å². The van der Waals surface area contributed by atoms with Gasteiger partial charge in [0.25, 0.3) is 0 Å². The number of carbonyl (C=O) groups excluding carboxylic acids is 1. The standard InChI is InChI=1S/C25H39FN2O3.C20H31FN2O/c1-17(2)30-23-16-19(26)6-11-22(23)18-12-14-28(15-13-18)21-9-7-20(8-10-21)27-24(29)31-25(3,4)5;1-14(2)24-20-13-16(21)3-8-19(20)15-9-11-23(12-10-15)18-6-4-17(22)5-7-18/h6,11,16-18,20-21H,7-10,12-15H2,1-5H3,(H,27,29);3,8,13-15,17-18H,4-7,9-12,22H2,1-2H3. The Morgan fingerprint density at radius 3 is 1.45 bits per heavy atom. The Kier molecular flexibility index (Phi) is 15.7. The average molecular weight is 769 g/mol. The Morgan fingerprint density at radius 1 is 0.673 bits per heavy atom. The number of alkyl carbamates (subject to hydrolysis) is 1. The van der Waals surface area contributed by atoms with Gasteiger partial charge in [-0.25, -0.2) is 13.6 Å². The molecule has 0 aromatic heterocycles. The Bertz CT molecular complexity index is 1480. The third-order valence-electron chi connectivity index (χ3n) is 11.8. The number of likely N-dealkylation sites (tertiary alicyclic amines) is 2. The van der Waals surface area contributed by atoms with E-state index in [9.17, 15) is 13.6 Å². The van der Waals surface area contributed by atoms with Crippen LogP contribution < -0.4 is 20.5 Å². The molecule has 2 saturated carbocycles. The Hall–Kier alpha value is -2.95. The summed E-state index contributed by atoms with van der Waals surface area (Å²) in [5.74, 6) is 1.85. The fourth-order valence-corrected chi connectivity index (χ4v) is 9.08. The predicted molar refractivity (Wildman–Crippen MR) is 217 cm³/mol. The molecule has 0 spiro atoms. The van der Waals surface area contributed by atoms with Crippen molar-refractivity contribution >= 4 is 6.09 Å². The van der Waals surface area contributed by atoms with Crippen LogP contribution in [0.4, 0.5) is 13.6 Å². The summed E-state index contributed by atoms with van der Waals surface area (Å²) < 4.78 is 44.5. The van der Waals surface area contributed by atoms with Gasteiger partial charge in [0.2, 0.25) is 0 Å². The molecule has 4 aliphatic rings. The highest BCUT2D eigenvalue weighted by Crippen LogP contribution is 2.38. The van der Waals surface area contributed by atoms with Crippen LogP contribution in [-0.2, 0) is 4.74 Å². The summed E-state index contributed by atoms with van der Waals surface area (Å²) in [4.78, 5) is 17.3. The molecule has 2 aromatic rings. The third kappa shape index (κ3) is 13.3. The normalized spacial score (nSPS) is 24.9. The average Bonchev–Trinajstić information content (AvgIpc) is 3.12. The van der Waals surface area contributed by atoms with Gasteiger partial charge in [-0.05, 0) is 187 Å². The molecule has 0 atom stereocenters. The molecule has 4 fully saturated rings. The maximum absolute atomic E-state index is 13.7. The molecule has 3 N–H and O–H groups in total. The molecule has 2 heterocycles. The second-order valence-corrected chi connectivity index (χ2v) is 18.0. The van der Waals surface area contributed by atoms with E-state index in [2.05, 4.69) is 15.1 Å². The SMILES string of the molecule is CC(C)Oc1cc(F)ccc1C1CCN(C2CCC(N)CC2)CC1.CC(C)Oc1cc(F)ccc1C1CCN(C2CCC(NC(=O)OC(C)(C)C)CC2)CC1. The molecular formula is C45H70F2N4O4. The first kappa shape index (κ1) is 43.2. The maximum atomic E-state index is 13.7. The molecule has 55 heavy (non-hydrogen) atoms. The number of nitrogens with one attached hydrogen (secondary N) is 1. The number of rotatable bonds is 9. The second kappa shape index (κ2) is 20.0. The van der Waals surface area contributed by atoms with E-state index in [1.807, 2.05) is 60.6 Å². The number of nitrogens with zero attached hydrogens (tertiary/aromatic N) is 2. The lowest BCUT2D eigenvalue weighted by atomic mass is 9.85. The summed E-state index contributed by atoms with van der Waals surface area (Å²) in [5.41, 5.74) is 7.88. The van der Waals surface area contributed by atoms with Crippen molar-refractivity contribution in [1.82, 2.24) is 15.1 Å². The highest BCUT2D eigenvalue weighted by atomic mass is 19.1. The van der Waals surface area contributed by atoms with Gasteiger partial charge in [-0.3, -0.25) is 0 Å². The number of halogens is 2. The van der Waals surface area contributed by atoms with E-state index < -0.39 is 5.60 Å². The molecule has 2 saturated heterocycles. The van der Waals surface area contributed by atoms with Crippen LogP contribution in [0.25, 0.3) is 0 Å². The van der Waals surface area contributed by atoms with E-state index >= 15 is 0 Å². The summed E-state index contributed by atoms with van der Waals surface area (Å²) in [5, 5.41) is 3.03.